The fourth-order valence-corrected chi connectivity index (χ4v) is 11.3. The van der Waals surface area contributed by atoms with Crippen molar-refractivity contribution in [1.29, 1.82) is 0 Å². The zero-order valence-corrected chi connectivity index (χ0v) is 34.2. The molecular weight excluding hydrogens is 755 g/mol. The molecule has 0 aliphatic heterocycles. The lowest BCUT2D eigenvalue weighted by molar-refractivity contribution is 0.768. The van der Waals surface area contributed by atoms with Crippen LogP contribution in [0.5, 0.6) is 0 Å². The molecule has 1 aliphatic carbocycles. The van der Waals surface area contributed by atoms with Crippen molar-refractivity contribution in [3.05, 3.63) is 259 Å². The van der Waals surface area contributed by atoms with E-state index in [1.807, 2.05) is 11.3 Å². The van der Waals surface area contributed by atoms with Gasteiger partial charge in [0.15, 0.2) is 0 Å². The molecule has 2 heteroatoms. The van der Waals surface area contributed by atoms with Crippen molar-refractivity contribution < 1.29 is 0 Å². The molecule has 1 aromatic heterocycles. The number of hydrogen-bond donors (Lipinski definition) is 0. The Morgan fingerprint density at radius 1 is 0.344 bits per heavy atom. The lowest BCUT2D eigenvalue weighted by atomic mass is 9.67. The Hall–Kier alpha value is -7.52. The first-order valence-corrected chi connectivity index (χ1v) is 21.8. The maximum absolute atomic E-state index is 2.53. The van der Waals surface area contributed by atoms with Crippen molar-refractivity contribution >= 4 is 59.3 Å². The SMILES string of the molecule is c1ccc(C2(c3ccccc3)c3ccccc3-c3ccc(N(c4ccccc4-c4cccc(-c5cccc6ccccc56)c4)c4cccc5c4sc4ccccc45)cc32)cc1. The van der Waals surface area contributed by atoms with Crippen LogP contribution in [0.2, 0.25) is 0 Å². The highest BCUT2D eigenvalue weighted by atomic mass is 32.1. The van der Waals surface area contributed by atoms with Crippen LogP contribution >= 0.6 is 11.3 Å². The predicted octanol–water partition coefficient (Wildman–Crippen LogP) is 16.4. The van der Waals surface area contributed by atoms with E-state index in [0.29, 0.717) is 0 Å². The second kappa shape index (κ2) is 14.3. The van der Waals surface area contributed by atoms with E-state index in [0.717, 1.165) is 17.1 Å². The Bertz CT molecular complexity index is 3390. The summed E-state index contributed by atoms with van der Waals surface area (Å²) >= 11 is 1.88. The van der Waals surface area contributed by atoms with Gasteiger partial charge in [-0.25, -0.2) is 0 Å². The van der Waals surface area contributed by atoms with Gasteiger partial charge in [0, 0.05) is 26.7 Å². The van der Waals surface area contributed by atoms with Crippen LogP contribution in [-0.2, 0) is 5.41 Å². The van der Waals surface area contributed by atoms with Crippen LogP contribution in [0.15, 0.2) is 237 Å². The van der Waals surface area contributed by atoms with E-state index >= 15 is 0 Å². The molecule has 11 aromatic rings. The van der Waals surface area contributed by atoms with Gasteiger partial charge in [-0.2, -0.15) is 0 Å². The molecular formula is C59H39NS. The zero-order valence-electron chi connectivity index (χ0n) is 33.4. The monoisotopic (exact) mass is 793 g/mol. The molecule has 0 fully saturated rings. The van der Waals surface area contributed by atoms with Gasteiger partial charge in [-0.1, -0.05) is 200 Å². The average Bonchev–Trinajstić information content (AvgIpc) is 3.87. The molecule has 10 aromatic carbocycles. The van der Waals surface area contributed by atoms with E-state index in [4.69, 9.17) is 0 Å². The summed E-state index contributed by atoms with van der Waals surface area (Å²) < 4.78 is 2.56. The average molecular weight is 794 g/mol. The number of nitrogens with zero attached hydrogens (tertiary/aromatic N) is 1. The number of rotatable bonds is 7. The summed E-state index contributed by atoms with van der Waals surface area (Å²) in [6.45, 7) is 0. The van der Waals surface area contributed by atoms with Crippen LogP contribution in [0.3, 0.4) is 0 Å². The third-order valence-electron chi connectivity index (χ3n) is 12.7. The Labute approximate surface area is 360 Å². The summed E-state index contributed by atoms with van der Waals surface area (Å²) in [4.78, 5) is 2.53. The van der Waals surface area contributed by atoms with Crippen molar-refractivity contribution in [2.75, 3.05) is 4.90 Å². The first kappa shape index (κ1) is 35.4. The van der Waals surface area contributed by atoms with Crippen molar-refractivity contribution in [3.63, 3.8) is 0 Å². The number of hydrogen-bond acceptors (Lipinski definition) is 2. The molecule has 286 valence electrons. The van der Waals surface area contributed by atoms with Gasteiger partial charge in [-0.15, -0.1) is 11.3 Å². The molecule has 0 amide bonds. The summed E-state index contributed by atoms with van der Waals surface area (Å²) in [5.74, 6) is 0. The van der Waals surface area contributed by atoms with Crippen LogP contribution in [0.4, 0.5) is 17.1 Å². The van der Waals surface area contributed by atoms with Crippen LogP contribution in [-0.4, -0.2) is 0 Å². The van der Waals surface area contributed by atoms with E-state index in [1.165, 1.54) is 86.6 Å². The normalized spacial score (nSPS) is 12.7. The molecule has 1 nitrogen and oxygen atoms in total. The third kappa shape index (κ3) is 5.53. The topological polar surface area (TPSA) is 3.24 Å². The van der Waals surface area contributed by atoms with Crippen molar-refractivity contribution in [2.24, 2.45) is 0 Å². The van der Waals surface area contributed by atoms with Crippen LogP contribution in [0, 0.1) is 0 Å². The molecule has 0 saturated heterocycles. The Kier molecular flexibility index (Phi) is 8.33. The van der Waals surface area contributed by atoms with Gasteiger partial charge >= 0.3 is 0 Å². The van der Waals surface area contributed by atoms with Crippen molar-refractivity contribution in [3.8, 4) is 33.4 Å². The Morgan fingerprint density at radius 3 is 1.72 bits per heavy atom. The largest absolute Gasteiger partial charge is 0.308 e. The van der Waals surface area contributed by atoms with Crippen LogP contribution < -0.4 is 4.90 Å². The molecule has 0 unspecified atom stereocenters. The van der Waals surface area contributed by atoms with E-state index in [1.54, 1.807) is 0 Å². The van der Waals surface area contributed by atoms with Gasteiger partial charge in [-0.3, -0.25) is 0 Å². The summed E-state index contributed by atoms with van der Waals surface area (Å²) in [5, 5.41) is 5.06. The maximum Gasteiger partial charge on any atom is 0.0714 e. The molecule has 1 heterocycles. The molecule has 0 bridgehead atoms. The fraction of sp³-hybridized carbons (Fsp3) is 0.0169. The quantitative estimate of drug-likeness (QED) is 0.155. The standard InChI is InChI=1S/C59H39NS/c1-3-22-43(23-4-1)59(44-24-5-2-6-25-44)53-32-12-9-28-49(53)50-37-36-45(39-54(50)59)60(56-34-17-31-52-51-29-11-14-35-57(51)61-58(52)56)55-33-13-10-27-48(55)42-21-15-20-41(38-42)47-30-16-19-40-18-7-8-26-46(40)47/h1-39H. The van der Waals surface area contributed by atoms with Gasteiger partial charge in [0.2, 0.25) is 0 Å². The van der Waals surface area contributed by atoms with Crippen molar-refractivity contribution in [1.82, 2.24) is 0 Å². The highest BCUT2D eigenvalue weighted by Crippen LogP contribution is 2.58. The van der Waals surface area contributed by atoms with Gasteiger partial charge in [0.1, 0.15) is 0 Å². The second-order valence-corrected chi connectivity index (χ2v) is 17.0. The van der Waals surface area contributed by atoms with E-state index < -0.39 is 5.41 Å². The first-order chi connectivity index (χ1) is 30.3. The maximum atomic E-state index is 2.53. The first-order valence-electron chi connectivity index (χ1n) is 21.0. The van der Waals surface area contributed by atoms with Gasteiger partial charge < -0.3 is 4.90 Å². The Morgan fingerprint density at radius 2 is 0.902 bits per heavy atom. The number of benzene rings is 10. The van der Waals surface area contributed by atoms with Crippen LogP contribution in [0.1, 0.15) is 22.3 Å². The van der Waals surface area contributed by atoms with Crippen molar-refractivity contribution in [2.45, 2.75) is 5.41 Å². The smallest absolute Gasteiger partial charge is 0.0714 e. The molecule has 0 spiro atoms. The molecule has 61 heavy (non-hydrogen) atoms. The highest BCUT2D eigenvalue weighted by Gasteiger charge is 2.46. The second-order valence-electron chi connectivity index (χ2n) is 16.0. The summed E-state index contributed by atoms with van der Waals surface area (Å²) in [7, 11) is 0. The summed E-state index contributed by atoms with van der Waals surface area (Å²) in [6.07, 6.45) is 0. The lowest BCUT2D eigenvalue weighted by Gasteiger charge is -2.35. The summed E-state index contributed by atoms with van der Waals surface area (Å²) in [5.41, 5.74) is 15.3. The number of thiophene rings is 1. The number of para-hydroxylation sites is 1. The number of anilines is 3. The molecule has 0 atom stereocenters. The van der Waals surface area contributed by atoms with Gasteiger partial charge in [0.05, 0.1) is 21.5 Å². The Balaban J connectivity index is 1.13. The minimum Gasteiger partial charge on any atom is -0.308 e. The van der Waals surface area contributed by atoms with Crippen LogP contribution in [0.25, 0.3) is 64.3 Å². The molecule has 0 radical (unpaired) electrons. The zero-order chi connectivity index (χ0) is 40.3. The predicted molar refractivity (Wildman–Crippen MR) is 260 cm³/mol. The molecule has 12 rings (SSSR count). The van der Waals surface area contributed by atoms with E-state index in [-0.39, 0.29) is 0 Å². The lowest BCUT2D eigenvalue weighted by Crippen LogP contribution is -2.28. The molecule has 1 aliphatic rings. The van der Waals surface area contributed by atoms with E-state index in [2.05, 4.69) is 241 Å². The highest BCUT2D eigenvalue weighted by molar-refractivity contribution is 7.26. The molecule has 0 N–H and O–H groups in total. The summed E-state index contributed by atoms with van der Waals surface area (Å²) in [6, 6.07) is 87.4. The van der Waals surface area contributed by atoms with Gasteiger partial charge in [-0.05, 0) is 97.2 Å². The van der Waals surface area contributed by atoms with Gasteiger partial charge in [0.25, 0.3) is 0 Å². The minimum atomic E-state index is -0.522. The third-order valence-corrected chi connectivity index (χ3v) is 14.0. The number of fused-ring (bicyclic) bond motifs is 7. The van der Waals surface area contributed by atoms with E-state index in [9.17, 15) is 0 Å². The minimum absolute atomic E-state index is 0.522. The molecule has 0 saturated carbocycles. The fourth-order valence-electron chi connectivity index (χ4n) is 10.1.